The summed E-state index contributed by atoms with van der Waals surface area (Å²) in [5.74, 6) is 0.323. The molecule has 1 aliphatic rings. The van der Waals surface area contributed by atoms with Gasteiger partial charge in [-0.15, -0.1) is 0 Å². The van der Waals surface area contributed by atoms with Gasteiger partial charge in [0.05, 0.1) is 35.1 Å². The first-order valence-electron chi connectivity index (χ1n) is 12.8. The van der Waals surface area contributed by atoms with Crippen LogP contribution in [0.4, 0.5) is 0 Å². The highest BCUT2D eigenvalue weighted by Gasteiger charge is 2.33. The Morgan fingerprint density at radius 2 is 1.82 bits per heavy atom. The maximum absolute atomic E-state index is 13.8. The van der Waals surface area contributed by atoms with E-state index in [4.69, 9.17) is 18.9 Å². The van der Waals surface area contributed by atoms with Gasteiger partial charge in [0.1, 0.15) is 12.4 Å². The third-order valence-corrected chi connectivity index (χ3v) is 6.88. The molecule has 0 spiro atoms. The van der Waals surface area contributed by atoms with Crippen LogP contribution in [0.1, 0.15) is 44.9 Å². The molecule has 0 fully saturated rings. The van der Waals surface area contributed by atoms with Crippen LogP contribution in [-0.2, 0) is 14.3 Å². The number of hydrogen-bond donors (Lipinski definition) is 0. The minimum Gasteiger partial charge on any atom is -0.490 e. The second kappa shape index (κ2) is 12.6. The van der Waals surface area contributed by atoms with Crippen LogP contribution in [0.25, 0.3) is 6.08 Å². The summed E-state index contributed by atoms with van der Waals surface area (Å²) >= 11 is 1.21. The molecule has 2 heterocycles. The number of esters is 2. The van der Waals surface area contributed by atoms with E-state index in [1.165, 1.54) is 22.8 Å². The Hall–Kier alpha value is -4.44. The minimum atomic E-state index is -0.740. The van der Waals surface area contributed by atoms with Gasteiger partial charge in [0, 0.05) is 6.92 Å². The van der Waals surface area contributed by atoms with Crippen LogP contribution < -0.4 is 29.1 Å². The molecule has 0 radical (unpaired) electrons. The Morgan fingerprint density at radius 1 is 1.07 bits per heavy atom. The summed E-state index contributed by atoms with van der Waals surface area (Å²) in [5, 5.41) is 0. The predicted octanol–water partition coefficient (Wildman–Crippen LogP) is 3.69. The minimum absolute atomic E-state index is 0.187. The van der Waals surface area contributed by atoms with Gasteiger partial charge in [-0.05, 0) is 62.2 Å². The Kier molecular flexibility index (Phi) is 9.00. The van der Waals surface area contributed by atoms with Crippen LogP contribution in [0.5, 0.6) is 17.2 Å². The molecule has 0 aliphatic carbocycles. The quantitative estimate of drug-likeness (QED) is 0.211. The van der Waals surface area contributed by atoms with Crippen molar-refractivity contribution >= 4 is 29.4 Å². The molecule has 0 saturated heterocycles. The third kappa shape index (κ3) is 6.07. The number of aromatic nitrogens is 1. The number of allylic oxidation sites excluding steroid dienone is 1. The average molecular weight is 563 g/mol. The van der Waals surface area contributed by atoms with Crippen LogP contribution in [-0.4, -0.2) is 36.3 Å². The molecule has 208 valence electrons. The summed E-state index contributed by atoms with van der Waals surface area (Å²) in [7, 11) is 0. The van der Waals surface area contributed by atoms with E-state index >= 15 is 0 Å². The van der Waals surface area contributed by atoms with Crippen LogP contribution in [0.3, 0.4) is 0 Å². The highest BCUT2D eigenvalue weighted by atomic mass is 32.1. The fourth-order valence-corrected chi connectivity index (χ4v) is 5.33. The molecule has 0 saturated carbocycles. The summed E-state index contributed by atoms with van der Waals surface area (Å²) < 4.78 is 23.8. The SMILES string of the molecule is C=CCOc1ccc([C@@H]2C(C(=O)OCC)=C(C)N=c3sc(=Cc4ccc(OC(C)=O)c(OCC)c4)c(=O)n32)cc1. The molecule has 2 aromatic carbocycles. The van der Waals surface area contributed by atoms with Crippen molar-refractivity contribution in [2.75, 3.05) is 19.8 Å². The van der Waals surface area contributed by atoms with Crippen molar-refractivity contribution in [3.8, 4) is 17.2 Å². The van der Waals surface area contributed by atoms with Gasteiger partial charge in [-0.1, -0.05) is 42.2 Å². The zero-order valence-electron chi connectivity index (χ0n) is 22.8. The molecule has 1 aromatic heterocycles. The molecule has 4 rings (SSSR count). The molecule has 1 aliphatic heterocycles. The second-order valence-corrected chi connectivity index (χ2v) is 9.71. The van der Waals surface area contributed by atoms with E-state index in [1.807, 2.05) is 19.1 Å². The standard InChI is InChI=1S/C30H30N2O7S/c1-6-15-38-22-12-10-21(11-13-22)27-26(29(35)37-8-3)18(4)31-30-32(27)28(34)25(40-30)17-20-9-14-23(39-19(5)33)24(16-20)36-7-2/h6,9-14,16-17,27H,1,7-8,15H2,2-5H3/t27-/m1/s1. The lowest BCUT2D eigenvalue weighted by molar-refractivity contribution is -0.139. The van der Waals surface area contributed by atoms with Gasteiger partial charge in [-0.2, -0.15) is 0 Å². The van der Waals surface area contributed by atoms with Gasteiger partial charge in [0.15, 0.2) is 16.3 Å². The number of nitrogens with zero attached hydrogens (tertiary/aromatic N) is 2. The third-order valence-electron chi connectivity index (χ3n) is 5.90. The number of rotatable bonds is 10. The Morgan fingerprint density at radius 3 is 2.48 bits per heavy atom. The topological polar surface area (TPSA) is 105 Å². The van der Waals surface area contributed by atoms with E-state index in [2.05, 4.69) is 11.6 Å². The van der Waals surface area contributed by atoms with Gasteiger partial charge in [-0.3, -0.25) is 14.2 Å². The fraction of sp³-hybridized carbons (Fsp3) is 0.267. The van der Waals surface area contributed by atoms with Crippen molar-refractivity contribution in [2.24, 2.45) is 4.99 Å². The highest BCUT2D eigenvalue weighted by molar-refractivity contribution is 7.07. The number of carbonyl (C=O) groups excluding carboxylic acids is 2. The van der Waals surface area contributed by atoms with E-state index in [9.17, 15) is 14.4 Å². The van der Waals surface area contributed by atoms with Crippen LogP contribution in [0.2, 0.25) is 0 Å². The number of benzene rings is 2. The van der Waals surface area contributed by atoms with E-state index in [0.717, 1.165) is 0 Å². The number of ether oxygens (including phenoxy) is 4. The first kappa shape index (κ1) is 28.6. The summed E-state index contributed by atoms with van der Waals surface area (Å²) in [4.78, 5) is 43.5. The first-order valence-corrected chi connectivity index (χ1v) is 13.6. The molecule has 1 atom stereocenters. The number of thiazole rings is 1. The average Bonchev–Trinajstić information content (AvgIpc) is 3.22. The monoisotopic (exact) mass is 562 g/mol. The molecule has 3 aromatic rings. The second-order valence-electron chi connectivity index (χ2n) is 8.70. The highest BCUT2D eigenvalue weighted by Crippen LogP contribution is 2.32. The van der Waals surface area contributed by atoms with Crippen molar-refractivity contribution in [3.05, 3.63) is 97.2 Å². The Labute approximate surface area is 235 Å². The van der Waals surface area contributed by atoms with Crippen molar-refractivity contribution in [1.29, 1.82) is 0 Å². The maximum Gasteiger partial charge on any atom is 0.338 e. The summed E-state index contributed by atoms with van der Waals surface area (Å²) in [6.45, 7) is 11.2. The van der Waals surface area contributed by atoms with Gasteiger partial charge < -0.3 is 18.9 Å². The molecular weight excluding hydrogens is 532 g/mol. The van der Waals surface area contributed by atoms with Gasteiger partial charge in [0.2, 0.25) is 0 Å². The lowest BCUT2D eigenvalue weighted by atomic mass is 9.96. The number of hydrogen-bond acceptors (Lipinski definition) is 9. The molecule has 9 nitrogen and oxygen atoms in total. The van der Waals surface area contributed by atoms with Gasteiger partial charge in [-0.25, -0.2) is 9.79 Å². The Bertz CT molecular complexity index is 1650. The summed E-state index contributed by atoms with van der Waals surface area (Å²) in [6.07, 6.45) is 3.37. The molecule has 0 N–H and O–H groups in total. The molecular formula is C30H30N2O7S. The fourth-order valence-electron chi connectivity index (χ4n) is 4.28. The normalized spacial score (nSPS) is 14.7. The Balaban J connectivity index is 1.85. The van der Waals surface area contributed by atoms with Crippen LogP contribution in [0, 0.1) is 0 Å². The number of fused-ring (bicyclic) bond motifs is 1. The smallest absolute Gasteiger partial charge is 0.338 e. The van der Waals surface area contributed by atoms with Crippen molar-refractivity contribution in [1.82, 2.24) is 4.57 Å². The zero-order chi connectivity index (χ0) is 28.8. The summed E-state index contributed by atoms with van der Waals surface area (Å²) in [6, 6.07) is 11.5. The predicted molar refractivity (Wildman–Crippen MR) is 151 cm³/mol. The molecule has 40 heavy (non-hydrogen) atoms. The largest absolute Gasteiger partial charge is 0.490 e. The maximum atomic E-state index is 13.8. The van der Waals surface area contributed by atoms with Gasteiger partial charge in [0.25, 0.3) is 5.56 Å². The van der Waals surface area contributed by atoms with Crippen molar-refractivity contribution < 1.29 is 28.5 Å². The summed E-state index contributed by atoms with van der Waals surface area (Å²) in [5.41, 5.74) is 1.85. The molecule has 10 heteroatoms. The molecule has 0 bridgehead atoms. The van der Waals surface area contributed by atoms with Crippen molar-refractivity contribution in [3.63, 3.8) is 0 Å². The lowest BCUT2D eigenvalue weighted by Crippen LogP contribution is -2.39. The van der Waals surface area contributed by atoms with Crippen LogP contribution >= 0.6 is 11.3 Å². The number of carbonyl (C=O) groups is 2. The van der Waals surface area contributed by atoms with Crippen molar-refractivity contribution in [2.45, 2.75) is 33.7 Å². The lowest BCUT2D eigenvalue weighted by Gasteiger charge is -2.24. The molecule has 0 unspecified atom stereocenters. The molecule has 0 amide bonds. The van der Waals surface area contributed by atoms with E-state index < -0.39 is 18.0 Å². The first-order chi connectivity index (χ1) is 19.3. The van der Waals surface area contributed by atoms with Gasteiger partial charge >= 0.3 is 11.9 Å². The van der Waals surface area contributed by atoms with E-state index in [0.29, 0.717) is 62.2 Å². The van der Waals surface area contributed by atoms with E-state index in [1.54, 1.807) is 56.3 Å². The zero-order valence-corrected chi connectivity index (χ0v) is 23.6. The van der Waals surface area contributed by atoms with E-state index in [-0.39, 0.29) is 12.2 Å². The van der Waals surface area contributed by atoms with Crippen LogP contribution in [0.15, 0.2) is 76.2 Å².